The second-order valence-electron chi connectivity index (χ2n) is 7.93. The smallest absolute Gasteiger partial charge is 0.362 e. The van der Waals surface area contributed by atoms with Crippen molar-refractivity contribution in [2.75, 3.05) is 6.61 Å². The summed E-state index contributed by atoms with van der Waals surface area (Å²) in [5.74, 6) is 0.277. The molecule has 0 N–H and O–H groups in total. The summed E-state index contributed by atoms with van der Waals surface area (Å²) >= 11 is 0. The van der Waals surface area contributed by atoms with Crippen LogP contribution in [0.2, 0.25) is 0 Å². The summed E-state index contributed by atoms with van der Waals surface area (Å²) in [5.41, 5.74) is 0. The third-order valence-electron chi connectivity index (χ3n) is 5.17. The second-order valence-corrected chi connectivity index (χ2v) is 9.15. The van der Waals surface area contributed by atoms with Gasteiger partial charge in [-0.2, -0.15) is 8.42 Å². The molecule has 0 unspecified atom stereocenters. The molecule has 0 amide bonds. The van der Waals surface area contributed by atoms with Crippen molar-refractivity contribution in [3.05, 3.63) is 30.3 Å². The van der Waals surface area contributed by atoms with E-state index < -0.39 is 10.4 Å². The Labute approximate surface area is 179 Å². The maximum Gasteiger partial charge on any atom is 0.449 e. The molecule has 168 valence electrons. The minimum absolute atomic E-state index is 0.188. The van der Waals surface area contributed by atoms with E-state index in [9.17, 15) is 8.42 Å². The molecular weight excluding hydrogens is 384 g/mol. The van der Waals surface area contributed by atoms with Crippen molar-refractivity contribution in [2.45, 2.75) is 110 Å². The van der Waals surface area contributed by atoms with Crippen molar-refractivity contribution >= 4 is 10.4 Å². The number of para-hydroxylation sites is 1. The molecule has 1 aromatic rings. The molecule has 0 aliphatic rings. The number of unbranched alkanes of at least 4 members (excludes halogenated alkanes) is 15. The maximum atomic E-state index is 11.7. The van der Waals surface area contributed by atoms with Gasteiger partial charge in [-0.05, 0) is 18.6 Å². The van der Waals surface area contributed by atoms with Crippen molar-refractivity contribution in [1.29, 1.82) is 0 Å². The lowest BCUT2D eigenvalue weighted by atomic mass is 10.0. The minimum atomic E-state index is -3.96. The fourth-order valence-corrected chi connectivity index (χ4v) is 4.15. The summed E-state index contributed by atoms with van der Waals surface area (Å²) < 4.78 is 33.2. The van der Waals surface area contributed by atoms with Crippen molar-refractivity contribution < 1.29 is 16.8 Å². The average molecular weight is 427 g/mol. The Hall–Kier alpha value is -1.07. The van der Waals surface area contributed by atoms with Crippen LogP contribution in [-0.4, -0.2) is 15.0 Å². The molecule has 0 aromatic heterocycles. The van der Waals surface area contributed by atoms with Gasteiger partial charge in [0.1, 0.15) is 5.75 Å². The van der Waals surface area contributed by atoms with Crippen molar-refractivity contribution in [2.24, 2.45) is 0 Å². The molecular formula is C24H42O4S. The summed E-state index contributed by atoms with van der Waals surface area (Å²) in [6.07, 6.45) is 20.7. The molecule has 0 aliphatic carbocycles. The molecule has 1 aromatic carbocycles. The fraction of sp³-hybridized carbons (Fsp3) is 0.750. The summed E-state index contributed by atoms with van der Waals surface area (Å²) in [4.78, 5) is 0. The van der Waals surface area contributed by atoms with E-state index in [2.05, 4.69) is 6.92 Å². The molecule has 1 rings (SSSR count). The maximum absolute atomic E-state index is 11.7. The lowest BCUT2D eigenvalue weighted by Gasteiger charge is -2.07. The Morgan fingerprint density at radius 3 is 1.48 bits per heavy atom. The van der Waals surface area contributed by atoms with Crippen LogP contribution in [0.1, 0.15) is 110 Å². The summed E-state index contributed by atoms with van der Waals surface area (Å²) in [6, 6.07) is 8.43. The van der Waals surface area contributed by atoms with E-state index in [0.29, 0.717) is 0 Å². The van der Waals surface area contributed by atoms with Crippen LogP contribution in [-0.2, 0) is 14.6 Å². The van der Waals surface area contributed by atoms with E-state index in [1.165, 1.54) is 83.5 Å². The van der Waals surface area contributed by atoms with Crippen LogP contribution >= 0.6 is 0 Å². The molecule has 0 atom stereocenters. The predicted octanol–water partition coefficient (Wildman–Crippen LogP) is 7.59. The van der Waals surface area contributed by atoms with E-state index in [4.69, 9.17) is 8.37 Å². The normalized spacial score (nSPS) is 11.6. The lowest BCUT2D eigenvalue weighted by Crippen LogP contribution is -2.14. The largest absolute Gasteiger partial charge is 0.449 e. The van der Waals surface area contributed by atoms with Crippen LogP contribution in [0, 0.1) is 0 Å². The topological polar surface area (TPSA) is 52.6 Å². The molecule has 4 nitrogen and oxygen atoms in total. The summed E-state index contributed by atoms with van der Waals surface area (Å²) in [7, 11) is -3.96. The highest BCUT2D eigenvalue weighted by atomic mass is 32.3. The van der Waals surface area contributed by atoms with Gasteiger partial charge in [0.05, 0.1) is 6.61 Å². The molecule has 0 bridgehead atoms. The standard InChI is InChI=1S/C24H42O4S/c1-2-3-4-5-6-7-8-9-10-11-12-13-14-15-16-20-23-27-29(25,26)28-24-21-18-17-19-22-24/h17-19,21-22H,2-16,20,23H2,1H3. The first-order valence-electron chi connectivity index (χ1n) is 11.8. The molecule has 5 heteroatoms. The van der Waals surface area contributed by atoms with Gasteiger partial charge in [-0.15, -0.1) is 0 Å². The van der Waals surface area contributed by atoms with E-state index in [-0.39, 0.29) is 12.4 Å². The van der Waals surface area contributed by atoms with Gasteiger partial charge in [0, 0.05) is 0 Å². The van der Waals surface area contributed by atoms with Crippen LogP contribution in [0.25, 0.3) is 0 Å². The highest BCUT2D eigenvalue weighted by molar-refractivity contribution is 7.82. The van der Waals surface area contributed by atoms with Crippen LogP contribution in [0.5, 0.6) is 5.75 Å². The Balaban J connectivity index is 1.82. The zero-order valence-corrected chi connectivity index (χ0v) is 19.3. The van der Waals surface area contributed by atoms with Gasteiger partial charge in [-0.1, -0.05) is 121 Å². The minimum Gasteiger partial charge on any atom is -0.362 e. The van der Waals surface area contributed by atoms with Crippen LogP contribution < -0.4 is 4.18 Å². The van der Waals surface area contributed by atoms with Crippen LogP contribution in [0.4, 0.5) is 0 Å². The molecule has 0 saturated heterocycles. The third-order valence-corrected chi connectivity index (χ3v) is 6.02. The van der Waals surface area contributed by atoms with Gasteiger partial charge in [0.15, 0.2) is 0 Å². The van der Waals surface area contributed by atoms with Crippen LogP contribution in [0.3, 0.4) is 0 Å². The SMILES string of the molecule is CCCCCCCCCCCCCCCCCCOS(=O)(=O)Oc1ccccc1. The molecule has 0 saturated carbocycles. The first-order valence-corrected chi connectivity index (χ1v) is 13.1. The van der Waals surface area contributed by atoms with Gasteiger partial charge in [-0.25, -0.2) is 4.18 Å². The number of benzene rings is 1. The van der Waals surface area contributed by atoms with E-state index in [1.54, 1.807) is 30.3 Å². The Morgan fingerprint density at radius 2 is 1.03 bits per heavy atom. The first kappa shape index (κ1) is 26.0. The van der Waals surface area contributed by atoms with Crippen molar-refractivity contribution in [3.8, 4) is 5.75 Å². The number of hydrogen-bond donors (Lipinski definition) is 0. The highest BCUT2D eigenvalue weighted by Crippen LogP contribution is 2.15. The third kappa shape index (κ3) is 16.4. The predicted molar refractivity (Wildman–Crippen MR) is 121 cm³/mol. The monoisotopic (exact) mass is 426 g/mol. The van der Waals surface area contributed by atoms with Crippen LogP contribution in [0.15, 0.2) is 30.3 Å². The Morgan fingerprint density at radius 1 is 0.621 bits per heavy atom. The molecule has 0 aliphatic heterocycles. The zero-order valence-electron chi connectivity index (χ0n) is 18.4. The van der Waals surface area contributed by atoms with Gasteiger partial charge in [0.2, 0.25) is 0 Å². The Bertz CT molecular complexity index is 572. The summed E-state index contributed by atoms with van der Waals surface area (Å²) in [5, 5.41) is 0. The molecule has 0 radical (unpaired) electrons. The Kier molecular flexibility index (Phi) is 15.9. The molecule has 0 fully saturated rings. The quantitative estimate of drug-likeness (QED) is 0.202. The van der Waals surface area contributed by atoms with Crippen molar-refractivity contribution in [3.63, 3.8) is 0 Å². The van der Waals surface area contributed by atoms with Gasteiger partial charge >= 0.3 is 10.4 Å². The van der Waals surface area contributed by atoms with Crippen molar-refractivity contribution in [1.82, 2.24) is 0 Å². The molecule has 0 heterocycles. The fourth-order valence-electron chi connectivity index (χ4n) is 3.43. The van der Waals surface area contributed by atoms with Gasteiger partial charge in [0.25, 0.3) is 0 Å². The van der Waals surface area contributed by atoms with E-state index in [0.717, 1.165) is 19.3 Å². The zero-order chi connectivity index (χ0) is 21.0. The highest BCUT2D eigenvalue weighted by Gasteiger charge is 2.12. The lowest BCUT2D eigenvalue weighted by molar-refractivity contribution is 0.265. The van der Waals surface area contributed by atoms with Gasteiger partial charge in [-0.3, -0.25) is 0 Å². The van der Waals surface area contributed by atoms with E-state index in [1.807, 2.05) is 0 Å². The number of hydrogen-bond acceptors (Lipinski definition) is 4. The summed E-state index contributed by atoms with van der Waals surface area (Å²) in [6.45, 7) is 2.46. The van der Waals surface area contributed by atoms with Gasteiger partial charge < -0.3 is 4.18 Å². The van der Waals surface area contributed by atoms with E-state index >= 15 is 0 Å². The average Bonchev–Trinajstić information content (AvgIpc) is 2.70. The molecule has 0 spiro atoms. The second kappa shape index (κ2) is 17.8. The molecule has 29 heavy (non-hydrogen) atoms. The number of rotatable bonds is 20. The first-order chi connectivity index (χ1) is 14.1.